The Balaban J connectivity index is 2.75. The van der Waals surface area contributed by atoms with Crippen molar-refractivity contribution in [2.45, 2.75) is 37.9 Å². The van der Waals surface area contributed by atoms with Gasteiger partial charge in [0.05, 0.1) is 7.11 Å². The number of carbonyl (C=O) groups is 1. The molecule has 1 N–H and O–H groups in total. The first-order valence-corrected chi connectivity index (χ1v) is 6.37. The van der Waals surface area contributed by atoms with Gasteiger partial charge in [0.2, 0.25) is 0 Å². The highest BCUT2D eigenvalue weighted by Gasteiger charge is 2.30. The van der Waals surface area contributed by atoms with Crippen molar-refractivity contribution < 1.29 is 19.4 Å². The van der Waals surface area contributed by atoms with Gasteiger partial charge in [-0.05, 0) is 38.5 Å². The Morgan fingerprint density at radius 2 is 1.79 bits per heavy atom. The van der Waals surface area contributed by atoms with E-state index >= 15 is 0 Å². The van der Waals surface area contributed by atoms with Gasteiger partial charge >= 0.3 is 5.97 Å². The minimum Gasteiger partial charge on any atom is -0.497 e. The van der Waals surface area contributed by atoms with E-state index in [1.165, 1.54) is 0 Å². The fourth-order valence-electron chi connectivity index (χ4n) is 1.46. The van der Waals surface area contributed by atoms with Gasteiger partial charge in [-0.1, -0.05) is 12.1 Å². The van der Waals surface area contributed by atoms with Gasteiger partial charge in [0, 0.05) is 0 Å². The van der Waals surface area contributed by atoms with E-state index in [-0.39, 0.29) is 0 Å². The van der Waals surface area contributed by atoms with Crippen molar-refractivity contribution in [3.63, 3.8) is 0 Å². The van der Waals surface area contributed by atoms with Crippen molar-refractivity contribution >= 4 is 17.6 Å². The van der Waals surface area contributed by atoms with Gasteiger partial charge in [0.1, 0.15) is 17.5 Å². The summed E-state index contributed by atoms with van der Waals surface area (Å²) in [6, 6.07) is 6.70. The molecule has 0 heterocycles. The molecule has 1 rings (SSSR count). The number of rotatable bonds is 4. The lowest BCUT2D eigenvalue weighted by molar-refractivity contribution is -0.156. The van der Waals surface area contributed by atoms with E-state index < -0.39 is 23.1 Å². The molecule has 2 atom stereocenters. The van der Waals surface area contributed by atoms with Crippen LogP contribution in [0.3, 0.4) is 0 Å². The van der Waals surface area contributed by atoms with Crippen LogP contribution < -0.4 is 4.74 Å². The van der Waals surface area contributed by atoms with Crippen LogP contribution >= 0.6 is 11.6 Å². The van der Waals surface area contributed by atoms with Crippen molar-refractivity contribution in [1.29, 1.82) is 0 Å². The maximum absolute atomic E-state index is 11.8. The number of hydrogen-bond donors (Lipinski definition) is 1. The fourth-order valence-corrected chi connectivity index (χ4v) is 1.65. The Hall–Kier alpha value is -1.26. The quantitative estimate of drug-likeness (QED) is 0.683. The zero-order valence-corrected chi connectivity index (χ0v) is 12.3. The second kappa shape index (κ2) is 6.26. The number of carbonyl (C=O) groups excluding carboxylic acids is 1. The summed E-state index contributed by atoms with van der Waals surface area (Å²) in [4.78, 5) is 11.8. The number of benzene rings is 1. The number of alkyl halides is 1. The van der Waals surface area contributed by atoms with Crippen LogP contribution in [0.2, 0.25) is 0 Å². The normalized spacial score (nSPS) is 14.6. The van der Waals surface area contributed by atoms with Crippen LogP contribution in [0.4, 0.5) is 0 Å². The minimum atomic E-state index is -1.15. The molecule has 0 aliphatic rings. The molecule has 5 heteroatoms. The number of aliphatic hydroxyl groups excluding tert-OH is 1. The molecule has 0 saturated carbocycles. The highest BCUT2D eigenvalue weighted by molar-refractivity contribution is 6.30. The summed E-state index contributed by atoms with van der Waals surface area (Å²) in [7, 11) is 1.55. The summed E-state index contributed by atoms with van der Waals surface area (Å²) in [5.74, 6) is 0.0248. The summed E-state index contributed by atoms with van der Waals surface area (Å²) in [5.41, 5.74) is -0.101. The summed E-state index contributed by atoms with van der Waals surface area (Å²) in [5, 5.41) is 8.90. The maximum Gasteiger partial charge on any atom is 0.327 e. The summed E-state index contributed by atoms with van der Waals surface area (Å²) < 4.78 is 10.1. The molecule has 1 aromatic rings. The number of methoxy groups -OCH3 is 1. The van der Waals surface area contributed by atoms with Crippen LogP contribution in [0.15, 0.2) is 24.3 Å². The second-order valence-corrected chi connectivity index (χ2v) is 5.62. The van der Waals surface area contributed by atoms with Gasteiger partial charge in [-0.15, -0.1) is 11.6 Å². The number of aliphatic hydroxyl groups is 1. The third-order valence-corrected chi connectivity index (χ3v) is 2.78. The Labute approximate surface area is 118 Å². The largest absolute Gasteiger partial charge is 0.497 e. The van der Waals surface area contributed by atoms with Crippen molar-refractivity contribution in [3.05, 3.63) is 29.8 Å². The SMILES string of the molecule is COc1ccc([C@H](O)C(Cl)C(=O)OC(C)(C)C)cc1. The third kappa shape index (κ3) is 4.73. The molecule has 1 unspecified atom stereocenters. The summed E-state index contributed by atoms with van der Waals surface area (Å²) in [6.07, 6.45) is -1.12. The lowest BCUT2D eigenvalue weighted by Crippen LogP contribution is -2.32. The van der Waals surface area contributed by atoms with E-state index in [1.807, 2.05) is 0 Å². The van der Waals surface area contributed by atoms with Gasteiger partial charge in [0.25, 0.3) is 0 Å². The molecule has 106 valence electrons. The predicted molar refractivity (Wildman–Crippen MR) is 73.4 cm³/mol. The molecular weight excluding hydrogens is 268 g/mol. The number of halogens is 1. The van der Waals surface area contributed by atoms with E-state index in [1.54, 1.807) is 52.1 Å². The molecule has 0 aliphatic carbocycles. The molecule has 0 aliphatic heterocycles. The number of hydrogen-bond acceptors (Lipinski definition) is 4. The lowest BCUT2D eigenvalue weighted by atomic mass is 10.1. The molecule has 0 saturated heterocycles. The molecule has 0 spiro atoms. The first-order valence-electron chi connectivity index (χ1n) is 5.93. The topological polar surface area (TPSA) is 55.8 Å². The van der Waals surface area contributed by atoms with Gasteiger partial charge in [0.15, 0.2) is 5.38 Å². The van der Waals surface area contributed by atoms with Gasteiger partial charge in [-0.25, -0.2) is 0 Å². The van der Waals surface area contributed by atoms with Crippen LogP contribution in [0, 0.1) is 0 Å². The van der Waals surface area contributed by atoms with Crippen LogP contribution in [-0.2, 0) is 9.53 Å². The molecular formula is C14H19ClO4. The third-order valence-electron chi connectivity index (χ3n) is 2.37. The van der Waals surface area contributed by atoms with Crippen molar-refractivity contribution in [2.75, 3.05) is 7.11 Å². The smallest absolute Gasteiger partial charge is 0.327 e. The van der Waals surface area contributed by atoms with E-state index in [2.05, 4.69) is 0 Å². The molecule has 1 aromatic carbocycles. The fraction of sp³-hybridized carbons (Fsp3) is 0.500. The highest BCUT2D eigenvalue weighted by atomic mass is 35.5. The van der Waals surface area contributed by atoms with Crippen molar-refractivity contribution in [2.24, 2.45) is 0 Å². The van der Waals surface area contributed by atoms with E-state index in [0.717, 1.165) is 0 Å². The summed E-state index contributed by atoms with van der Waals surface area (Å²) in [6.45, 7) is 5.23. The van der Waals surface area contributed by atoms with Crippen LogP contribution in [0.1, 0.15) is 32.4 Å². The molecule has 0 amide bonds. The highest BCUT2D eigenvalue weighted by Crippen LogP contribution is 2.25. The standard InChI is InChI=1S/C14H19ClO4/c1-14(2,3)19-13(17)11(15)12(16)9-5-7-10(18-4)8-6-9/h5-8,11-12,16H,1-4H3/t11?,12-/m0/s1. The molecule has 0 aromatic heterocycles. The number of esters is 1. The van der Waals surface area contributed by atoms with Gasteiger partial charge in [-0.3, -0.25) is 4.79 Å². The van der Waals surface area contributed by atoms with E-state index in [4.69, 9.17) is 21.1 Å². The Morgan fingerprint density at radius 1 is 1.26 bits per heavy atom. The Bertz CT molecular complexity index is 422. The van der Waals surface area contributed by atoms with Gasteiger partial charge < -0.3 is 14.6 Å². The lowest BCUT2D eigenvalue weighted by Gasteiger charge is -2.23. The Kier molecular flexibility index (Phi) is 5.20. The first-order chi connectivity index (χ1) is 8.74. The van der Waals surface area contributed by atoms with Gasteiger partial charge in [-0.2, -0.15) is 0 Å². The van der Waals surface area contributed by atoms with Crippen molar-refractivity contribution in [3.8, 4) is 5.75 Å². The average Bonchev–Trinajstić information content (AvgIpc) is 2.35. The molecule has 4 nitrogen and oxygen atoms in total. The van der Waals surface area contributed by atoms with Crippen LogP contribution in [-0.4, -0.2) is 29.2 Å². The predicted octanol–water partition coefficient (Wildman–Crippen LogP) is 2.68. The Morgan fingerprint density at radius 3 is 2.21 bits per heavy atom. The van der Waals surface area contributed by atoms with Crippen LogP contribution in [0.25, 0.3) is 0 Å². The van der Waals surface area contributed by atoms with E-state index in [9.17, 15) is 9.90 Å². The van der Waals surface area contributed by atoms with Crippen molar-refractivity contribution in [1.82, 2.24) is 0 Å². The zero-order chi connectivity index (χ0) is 14.6. The molecule has 0 bridgehead atoms. The first kappa shape index (κ1) is 15.8. The molecule has 19 heavy (non-hydrogen) atoms. The zero-order valence-electron chi connectivity index (χ0n) is 11.5. The minimum absolute atomic E-state index is 0.534. The van der Waals surface area contributed by atoms with E-state index in [0.29, 0.717) is 11.3 Å². The van der Waals surface area contributed by atoms with Crippen LogP contribution in [0.5, 0.6) is 5.75 Å². The molecule has 0 fully saturated rings. The second-order valence-electron chi connectivity index (χ2n) is 5.15. The average molecular weight is 287 g/mol. The monoisotopic (exact) mass is 286 g/mol. The number of ether oxygens (including phenoxy) is 2. The summed E-state index contributed by atoms with van der Waals surface area (Å²) >= 11 is 5.94. The molecule has 0 radical (unpaired) electrons. The maximum atomic E-state index is 11.8.